The SMILES string of the molecule is C=CC1(C)CCC(C)(C)C1=O. The average molecular weight is 152 g/mol. The zero-order valence-corrected chi connectivity index (χ0v) is 7.61. The molecule has 0 amide bonds. The molecule has 0 heterocycles. The number of Topliss-reactive ketones (excluding diaryl/α,β-unsaturated/α-hetero) is 1. The van der Waals surface area contributed by atoms with E-state index in [1.807, 2.05) is 20.8 Å². The topological polar surface area (TPSA) is 17.1 Å². The van der Waals surface area contributed by atoms with E-state index in [9.17, 15) is 4.79 Å². The molecule has 1 unspecified atom stereocenters. The molecule has 0 aromatic carbocycles. The number of rotatable bonds is 1. The lowest BCUT2D eigenvalue weighted by atomic mass is 9.82. The van der Waals surface area contributed by atoms with E-state index in [4.69, 9.17) is 0 Å². The molecular weight excluding hydrogens is 136 g/mol. The van der Waals surface area contributed by atoms with Crippen molar-refractivity contribution < 1.29 is 4.79 Å². The van der Waals surface area contributed by atoms with Crippen molar-refractivity contribution >= 4 is 5.78 Å². The molecule has 1 saturated carbocycles. The minimum absolute atomic E-state index is 0.122. The Morgan fingerprint density at radius 3 is 2.09 bits per heavy atom. The fourth-order valence-electron chi connectivity index (χ4n) is 1.77. The van der Waals surface area contributed by atoms with Crippen LogP contribution in [0, 0.1) is 10.8 Å². The summed E-state index contributed by atoms with van der Waals surface area (Å²) in [7, 11) is 0. The first kappa shape index (κ1) is 8.51. The van der Waals surface area contributed by atoms with Crippen molar-refractivity contribution in [1.82, 2.24) is 0 Å². The fourth-order valence-corrected chi connectivity index (χ4v) is 1.77. The second kappa shape index (κ2) is 2.20. The van der Waals surface area contributed by atoms with Crippen molar-refractivity contribution in [3.63, 3.8) is 0 Å². The molecule has 0 aromatic heterocycles. The molecule has 1 fully saturated rings. The summed E-state index contributed by atoms with van der Waals surface area (Å²) in [5.74, 6) is 0.347. The van der Waals surface area contributed by atoms with Crippen LogP contribution in [0.5, 0.6) is 0 Å². The van der Waals surface area contributed by atoms with Crippen LogP contribution in [-0.4, -0.2) is 5.78 Å². The monoisotopic (exact) mass is 152 g/mol. The summed E-state index contributed by atoms with van der Waals surface area (Å²) >= 11 is 0. The number of hydrogen-bond acceptors (Lipinski definition) is 1. The van der Waals surface area contributed by atoms with Gasteiger partial charge < -0.3 is 0 Å². The van der Waals surface area contributed by atoms with E-state index in [-0.39, 0.29) is 10.8 Å². The minimum Gasteiger partial charge on any atom is -0.298 e. The lowest BCUT2D eigenvalue weighted by molar-refractivity contribution is -0.129. The van der Waals surface area contributed by atoms with E-state index in [2.05, 4.69) is 6.58 Å². The van der Waals surface area contributed by atoms with Crippen LogP contribution in [0.1, 0.15) is 33.6 Å². The summed E-state index contributed by atoms with van der Waals surface area (Å²) in [4.78, 5) is 11.7. The van der Waals surface area contributed by atoms with Crippen LogP contribution in [0.25, 0.3) is 0 Å². The molecule has 0 bridgehead atoms. The van der Waals surface area contributed by atoms with E-state index in [0.29, 0.717) is 5.78 Å². The molecule has 0 saturated heterocycles. The lowest BCUT2D eigenvalue weighted by Crippen LogP contribution is -2.27. The molecule has 11 heavy (non-hydrogen) atoms. The van der Waals surface area contributed by atoms with Crippen LogP contribution in [-0.2, 0) is 4.79 Å². The van der Waals surface area contributed by atoms with Gasteiger partial charge in [-0.1, -0.05) is 19.9 Å². The maximum absolute atomic E-state index is 11.7. The second-order valence-electron chi connectivity index (χ2n) is 4.33. The van der Waals surface area contributed by atoms with Crippen LogP contribution < -0.4 is 0 Å². The largest absolute Gasteiger partial charge is 0.298 e. The minimum atomic E-state index is -0.247. The molecule has 0 N–H and O–H groups in total. The third-order valence-electron chi connectivity index (χ3n) is 2.85. The summed E-state index contributed by atoms with van der Waals surface area (Å²) in [5.41, 5.74) is -0.369. The number of carbonyl (C=O) groups is 1. The summed E-state index contributed by atoms with van der Waals surface area (Å²) in [6.07, 6.45) is 3.75. The molecule has 0 spiro atoms. The van der Waals surface area contributed by atoms with Gasteiger partial charge in [0, 0.05) is 10.8 Å². The number of hydrogen-bond donors (Lipinski definition) is 0. The van der Waals surface area contributed by atoms with Gasteiger partial charge in [-0.2, -0.15) is 0 Å². The number of allylic oxidation sites excluding steroid dienone is 1. The molecule has 1 aliphatic carbocycles. The van der Waals surface area contributed by atoms with Crippen molar-refractivity contribution in [2.45, 2.75) is 33.6 Å². The van der Waals surface area contributed by atoms with Crippen molar-refractivity contribution in [3.8, 4) is 0 Å². The quantitative estimate of drug-likeness (QED) is 0.528. The highest BCUT2D eigenvalue weighted by atomic mass is 16.1. The van der Waals surface area contributed by atoms with E-state index in [1.54, 1.807) is 6.08 Å². The Labute approximate surface area is 68.5 Å². The summed E-state index contributed by atoms with van der Waals surface area (Å²) < 4.78 is 0. The summed E-state index contributed by atoms with van der Waals surface area (Å²) in [6, 6.07) is 0. The molecule has 0 radical (unpaired) electrons. The van der Waals surface area contributed by atoms with Gasteiger partial charge in [-0.3, -0.25) is 4.79 Å². The average Bonchev–Trinajstić information content (AvgIpc) is 2.16. The molecule has 0 aliphatic heterocycles. The Kier molecular flexibility index (Phi) is 1.70. The molecule has 1 atom stereocenters. The van der Waals surface area contributed by atoms with Crippen molar-refractivity contribution in [1.29, 1.82) is 0 Å². The first-order valence-electron chi connectivity index (χ1n) is 4.11. The Hall–Kier alpha value is -0.590. The predicted molar refractivity (Wildman–Crippen MR) is 46.3 cm³/mol. The lowest BCUT2D eigenvalue weighted by Gasteiger charge is -2.20. The Morgan fingerprint density at radius 2 is 1.91 bits per heavy atom. The maximum atomic E-state index is 11.7. The van der Waals surface area contributed by atoms with Crippen molar-refractivity contribution in [3.05, 3.63) is 12.7 Å². The standard InChI is InChI=1S/C10H16O/c1-5-10(4)7-6-9(2,3)8(10)11/h5H,1,6-7H2,2-4H3. The van der Waals surface area contributed by atoms with E-state index in [0.717, 1.165) is 12.8 Å². The van der Waals surface area contributed by atoms with Crippen molar-refractivity contribution in [2.75, 3.05) is 0 Å². The summed E-state index contributed by atoms with van der Waals surface area (Å²) in [6.45, 7) is 9.73. The third kappa shape index (κ3) is 1.13. The fraction of sp³-hybridized carbons (Fsp3) is 0.700. The third-order valence-corrected chi connectivity index (χ3v) is 2.85. The molecule has 0 aromatic rings. The van der Waals surface area contributed by atoms with Gasteiger partial charge in [-0.15, -0.1) is 6.58 Å². The molecular formula is C10H16O. The molecule has 62 valence electrons. The highest BCUT2D eigenvalue weighted by Gasteiger charge is 2.46. The van der Waals surface area contributed by atoms with Gasteiger partial charge in [0.15, 0.2) is 0 Å². The summed E-state index contributed by atoms with van der Waals surface area (Å²) in [5, 5.41) is 0. The molecule has 1 aliphatic rings. The highest BCUT2D eigenvalue weighted by molar-refractivity contribution is 5.92. The van der Waals surface area contributed by atoms with Crippen LogP contribution in [0.4, 0.5) is 0 Å². The Morgan fingerprint density at radius 1 is 1.36 bits per heavy atom. The molecule has 1 heteroatoms. The first-order chi connectivity index (χ1) is 4.92. The van der Waals surface area contributed by atoms with Crippen LogP contribution in [0.15, 0.2) is 12.7 Å². The van der Waals surface area contributed by atoms with Gasteiger partial charge in [0.2, 0.25) is 0 Å². The van der Waals surface area contributed by atoms with Gasteiger partial charge in [0.25, 0.3) is 0 Å². The zero-order valence-electron chi connectivity index (χ0n) is 7.61. The van der Waals surface area contributed by atoms with E-state index in [1.165, 1.54) is 0 Å². The first-order valence-corrected chi connectivity index (χ1v) is 4.11. The molecule has 1 rings (SSSR count). The van der Waals surface area contributed by atoms with Crippen molar-refractivity contribution in [2.24, 2.45) is 10.8 Å². The van der Waals surface area contributed by atoms with Crippen LogP contribution >= 0.6 is 0 Å². The maximum Gasteiger partial charge on any atom is 0.148 e. The predicted octanol–water partition coefficient (Wildman–Crippen LogP) is 2.57. The van der Waals surface area contributed by atoms with Gasteiger partial charge in [-0.25, -0.2) is 0 Å². The van der Waals surface area contributed by atoms with Crippen LogP contribution in [0.3, 0.4) is 0 Å². The highest BCUT2D eigenvalue weighted by Crippen LogP contribution is 2.45. The normalized spacial score (nSPS) is 35.7. The van der Waals surface area contributed by atoms with Gasteiger partial charge in [0.05, 0.1) is 0 Å². The zero-order chi connectivity index (χ0) is 8.70. The molecule has 1 nitrogen and oxygen atoms in total. The van der Waals surface area contributed by atoms with Crippen LogP contribution in [0.2, 0.25) is 0 Å². The smallest absolute Gasteiger partial charge is 0.148 e. The van der Waals surface area contributed by atoms with E-state index < -0.39 is 0 Å². The Balaban J connectivity index is 2.95. The Bertz CT molecular complexity index is 203. The van der Waals surface area contributed by atoms with E-state index >= 15 is 0 Å². The van der Waals surface area contributed by atoms with Gasteiger partial charge in [0.1, 0.15) is 5.78 Å². The number of ketones is 1. The van der Waals surface area contributed by atoms with Gasteiger partial charge in [-0.05, 0) is 19.8 Å². The van der Waals surface area contributed by atoms with Gasteiger partial charge >= 0.3 is 0 Å². The second-order valence-corrected chi connectivity index (χ2v) is 4.33. The number of carbonyl (C=O) groups excluding carboxylic acids is 1.